The first-order valence-corrected chi connectivity index (χ1v) is 5.29. The van der Waals surface area contributed by atoms with E-state index in [4.69, 9.17) is 0 Å². The first-order valence-electron chi connectivity index (χ1n) is 5.29. The van der Waals surface area contributed by atoms with Crippen LogP contribution in [0.5, 0.6) is 0 Å². The molecule has 1 atom stereocenters. The summed E-state index contributed by atoms with van der Waals surface area (Å²) >= 11 is 0. The molecule has 0 aromatic heterocycles. The first-order chi connectivity index (χ1) is 7.69. The molecule has 16 heavy (non-hydrogen) atoms. The molecule has 0 aliphatic carbocycles. The van der Waals surface area contributed by atoms with Crippen LogP contribution in [0.2, 0.25) is 0 Å². The van der Waals surface area contributed by atoms with E-state index in [1.165, 1.54) is 6.08 Å². The van der Waals surface area contributed by atoms with Gasteiger partial charge in [-0.25, -0.2) is 0 Å². The molecule has 3 heteroatoms. The van der Waals surface area contributed by atoms with E-state index in [1.54, 1.807) is 6.08 Å². The van der Waals surface area contributed by atoms with Crippen LogP contribution in [0, 0.1) is 0 Å². The zero-order valence-electron chi connectivity index (χ0n) is 9.07. The van der Waals surface area contributed by atoms with Crippen molar-refractivity contribution in [2.45, 2.75) is 18.8 Å². The Morgan fingerprint density at radius 3 is 2.44 bits per heavy atom. The number of hydrogen-bond donors (Lipinski definition) is 1. The van der Waals surface area contributed by atoms with Crippen LogP contribution in [0.3, 0.4) is 0 Å². The highest BCUT2D eigenvalue weighted by atomic mass is 16.2. The first kappa shape index (κ1) is 10.6. The fourth-order valence-corrected chi connectivity index (χ4v) is 2.00. The molecule has 0 unspecified atom stereocenters. The van der Waals surface area contributed by atoms with E-state index in [0.717, 1.165) is 5.56 Å². The van der Waals surface area contributed by atoms with E-state index in [9.17, 15) is 9.59 Å². The second-order valence-corrected chi connectivity index (χ2v) is 3.84. The Hall–Kier alpha value is -1.90. The monoisotopic (exact) mass is 215 g/mol. The van der Waals surface area contributed by atoms with Gasteiger partial charge < -0.3 is 0 Å². The fraction of sp³-hybridized carbons (Fsp3) is 0.231. The summed E-state index contributed by atoms with van der Waals surface area (Å²) < 4.78 is 0. The minimum absolute atomic E-state index is 0.242. The molecule has 0 radical (unpaired) electrons. The topological polar surface area (TPSA) is 46.2 Å². The predicted molar refractivity (Wildman–Crippen MR) is 60.7 cm³/mol. The molecule has 0 spiro atoms. The number of hydrogen-bond acceptors (Lipinski definition) is 2. The minimum atomic E-state index is -0.699. The Bertz CT molecular complexity index is 450. The van der Waals surface area contributed by atoms with Crippen LogP contribution in [-0.2, 0) is 15.0 Å². The predicted octanol–water partition coefficient (Wildman–Crippen LogP) is 1.55. The summed E-state index contributed by atoms with van der Waals surface area (Å²) in [7, 11) is 0. The molecule has 0 saturated carbocycles. The summed E-state index contributed by atoms with van der Waals surface area (Å²) in [4.78, 5) is 23.1. The molecule has 0 saturated heterocycles. The Morgan fingerprint density at radius 1 is 1.19 bits per heavy atom. The highest BCUT2D eigenvalue weighted by Gasteiger charge is 2.39. The molecule has 1 N–H and O–H groups in total. The zero-order valence-corrected chi connectivity index (χ0v) is 9.07. The van der Waals surface area contributed by atoms with Gasteiger partial charge in [0, 0.05) is 6.08 Å². The number of nitrogens with one attached hydrogen (secondary N) is 1. The number of benzene rings is 1. The number of amides is 2. The van der Waals surface area contributed by atoms with E-state index >= 15 is 0 Å². The van der Waals surface area contributed by atoms with Gasteiger partial charge in [0.25, 0.3) is 0 Å². The number of rotatable bonds is 2. The van der Waals surface area contributed by atoms with Crippen LogP contribution in [0.1, 0.15) is 18.9 Å². The van der Waals surface area contributed by atoms with Gasteiger partial charge in [-0.2, -0.15) is 0 Å². The fourth-order valence-electron chi connectivity index (χ4n) is 2.00. The molecule has 1 aromatic rings. The largest absolute Gasteiger partial charge is 0.292 e. The lowest BCUT2D eigenvalue weighted by molar-refractivity contribution is -0.132. The van der Waals surface area contributed by atoms with E-state index in [2.05, 4.69) is 5.32 Å². The number of carbonyl (C=O) groups is 2. The number of carbonyl (C=O) groups excluding carboxylic acids is 2. The minimum Gasteiger partial charge on any atom is -0.292 e. The molecule has 2 rings (SSSR count). The van der Waals surface area contributed by atoms with Gasteiger partial charge in [-0.3, -0.25) is 14.9 Å². The maximum absolute atomic E-state index is 12.0. The normalized spacial score (nSPS) is 24.3. The van der Waals surface area contributed by atoms with Crippen molar-refractivity contribution in [3.8, 4) is 0 Å². The van der Waals surface area contributed by atoms with E-state index in [-0.39, 0.29) is 11.8 Å². The van der Waals surface area contributed by atoms with Crippen LogP contribution in [0.4, 0.5) is 0 Å². The Labute approximate surface area is 94.2 Å². The molecule has 82 valence electrons. The third-order valence-corrected chi connectivity index (χ3v) is 3.01. The van der Waals surface area contributed by atoms with Crippen molar-refractivity contribution in [2.24, 2.45) is 0 Å². The molecule has 1 aliphatic rings. The summed E-state index contributed by atoms with van der Waals surface area (Å²) in [5.74, 6) is -0.585. The third-order valence-electron chi connectivity index (χ3n) is 3.01. The highest BCUT2D eigenvalue weighted by Crippen LogP contribution is 2.31. The molecule has 1 aromatic carbocycles. The lowest BCUT2D eigenvalue weighted by atomic mass is 9.75. The van der Waals surface area contributed by atoms with Gasteiger partial charge >= 0.3 is 0 Å². The van der Waals surface area contributed by atoms with Crippen molar-refractivity contribution < 1.29 is 9.59 Å². The second kappa shape index (κ2) is 3.93. The average Bonchev–Trinajstić information content (AvgIpc) is 2.31. The maximum atomic E-state index is 12.0. The van der Waals surface area contributed by atoms with Crippen LogP contribution in [0.15, 0.2) is 42.5 Å². The smallest absolute Gasteiger partial charge is 0.250 e. The zero-order chi connectivity index (χ0) is 11.6. The van der Waals surface area contributed by atoms with Gasteiger partial charge in [0.2, 0.25) is 11.8 Å². The molecule has 1 heterocycles. The molecule has 0 fully saturated rings. The van der Waals surface area contributed by atoms with Crippen LogP contribution in [-0.4, -0.2) is 11.8 Å². The summed E-state index contributed by atoms with van der Waals surface area (Å²) in [5.41, 5.74) is 0.216. The lowest BCUT2D eigenvalue weighted by Gasteiger charge is -2.30. The van der Waals surface area contributed by atoms with E-state index in [1.807, 2.05) is 37.3 Å². The van der Waals surface area contributed by atoms with Crippen LogP contribution < -0.4 is 5.32 Å². The van der Waals surface area contributed by atoms with Crippen LogP contribution in [0.25, 0.3) is 0 Å². The summed E-state index contributed by atoms with van der Waals surface area (Å²) in [5, 5.41) is 2.35. The van der Waals surface area contributed by atoms with Crippen molar-refractivity contribution in [3.05, 3.63) is 48.0 Å². The van der Waals surface area contributed by atoms with Crippen molar-refractivity contribution in [1.82, 2.24) is 5.32 Å². The number of imide groups is 1. The Morgan fingerprint density at radius 2 is 1.88 bits per heavy atom. The quantitative estimate of drug-likeness (QED) is 0.761. The average molecular weight is 215 g/mol. The molecular formula is C13H13NO2. The van der Waals surface area contributed by atoms with Gasteiger partial charge in [0.05, 0.1) is 5.41 Å². The molecule has 1 aliphatic heterocycles. The molecule has 0 bridgehead atoms. The van der Waals surface area contributed by atoms with Gasteiger partial charge in [0.15, 0.2) is 0 Å². The van der Waals surface area contributed by atoms with E-state index in [0.29, 0.717) is 6.42 Å². The van der Waals surface area contributed by atoms with Crippen molar-refractivity contribution in [2.75, 3.05) is 0 Å². The van der Waals surface area contributed by atoms with Gasteiger partial charge in [-0.1, -0.05) is 43.3 Å². The lowest BCUT2D eigenvalue weighted by Crippen LogP contribution is -2.48. The van der Waals surface area contributed by atoms with Crippen molar-refractivity contribution >= 4 is 11.8 Å². The van der Waals surface area contributed by atoms with E-state index < -0.39 is 5.41 Å². The van der Waals surface area contributed by atoms with Gasteiger partial charge in [-0.15, -0.1) is 0 Å². The summed E-state index contributed by atoms with van der Waals surface area (Å²) in [6.45, 7) is 1.94. The van der Waals surface area contributed by atoms with Gasteiger partial charge in [-0.05, 0) is 12.0 Å². The van der Waals surface area contributed by atoms with Crippen molar-refractivity contribution in [1.29, 1.82) is 0 Å². The SMILES string of the molecule is CC[C@@]1(c2ccccc2)C=CC(=O)NC1=O. The summed E-state index contributed by atoms with van der Waals surface area (Å²) in [6, 6.07) is 9.50. The highest BCUT2D eigenvalue weighted by molar-refractivity contribution is 6.09. The Balaban J connectivity index is 2.52. The standard InChI is InChI=1S/C13H13NO2/c1-2-13(10-6-4-3-5-7-10)9-8-11(15)14-12(13)16/h3-9H,2H2,1H3,(H,14,15,16)/t13-/m0/s1. The van der Waals surface area contributed by atoms with Gasteiger partial charge in [0.1, 0.15) is 0 Å². The van der Waals surface area contributed by atoms with Crippen LogP contribution >= 0.6 is 0 Å². The second-order valence-electron chi connectivity index (χ2n) is 3.84. The summed E-state index contributed by atoms with van der Waals surface area (Å²) in [6.07, 6.45) is 3.76. The third kappa shape index (κ3) is 1.54. The van der Waals surface area contributed by atoms with Crippen molar-refractivity contribution in [3.63, 3.8) is 0 Å². The molecule has 3 nitrogen and oxygen atoms in total. The molecule has 2 amide bonds. The molecular weight excluding hydrogens is 202 g/mol. The Kier molecular flexibility index (Phi) is 2.60. The maximum Gasteiger partial charge on any atom is 0.250 e.